The Morgan fingerprint density at radius 1 is 1.50 bits per heavy atom. The minimum absolute atomic E-state index is 0.206. The van der Waals surface area contributed by atoms with Gasteiger partial charge < -0.3 is 15.4 Å². The fraction of sp³-hybridized carbons (Fsp3) is 0.688. The number of nitrogens with zero attached hydrogens (tertiary/aromatic N) is 2. The van der Waals surface area contributed by atoms with Gasteiger partial charge in [-0.2, -0.15) is 0 Å². The third kappa shape index (κ3) is 4.18. The van der Waals surface area contributed by atoms with Gasteiger partial charge in [-0.3, -0.25) is 0 Å². The summed E-state index contributed by atoms with van der Waals surface area (Å²) < 4.78 is 5.82. The van der Waals surface area contributed by atoms with Crippen molar-refractivity contribution < 1.29 is 4.74 Å². The average molecular weight is 277 g/mol. The lowest BCUT2D eigenvalue weighted by atomic mass is 10.0. The minimum Gasteiger partial charge on any atom is -0.376 e. The molecule has 1 aliphatic rings. The maximum Gasteiger partial charge on any atom is 0.131 e. The minimum atomic E-state index is 0.206. The molecule has 2 N–H and O–H groups in total. The van der Waals surface area contributed by atoms with Crippen LogP contribution in [0.1, 0.15) is 38.2 Å². The average Bonchev–Trinajstić information content (AvgIpc) is 2.48. The molecule has 2 unspecified atom stereocenters. The van der Waals surface area contributed by atoms with Gasteiger partial charge in [0.1, 0.15) is 5.82 Å². The van der Waals surface area contributed by atoms with Gasteiger partial charge in [-0.05, 0) is 43.7 Å². The molecular formula is C16H27N3O. The van der Waals surface area contributed by atoms with Crippen LogP contribution in [0, 0.1) is 0 Å². The van der Waals surface area contributed by atoms with Crippen molar-refractivity contribution >= 4 is 5.82 Å². The molecule has 1 aliphatic heterocycles. The van der Waals surface area contributed by atoms with Crippen LogP contribution in [0.2, 0.25) is 0 Å². The molecule has 0 radical (unpaired) electrons. The quantitative estimate of drug-likeness (QED) is 0.867. The highest BCUT2D eigenvalue weighted by Crippen LogP contribution is 2.20. The number of anilines is 1. The summed E-state index contributed by atoms with van der Waals surface area (Å²) in [6, 6.07) is 4.33. The molecule has 0 spiro atoms. The molecule has 1 aromatic heterocycles. The maximum atomic E-state index is 6.09. The Hall–Kier alpha value is -1.13. The Morgan fingerprint density at radius 3 is 3.05 bits per heavy atom. The standard InChI is InChI=1S/C16H27N3O/c1-3-14(17)11-13-7-6-9-18-16(13)19(2)12-15-8-4-5-10-20-15/h6-7,9,14-15H,3-5,8,10-12,17H2,1-2H3. The zero-order valence-electron chi connectivity index (χ0n) is 12.7. The lowest BCUT2D eigenvalue weighted by Crippen LogP contribution is -2.34. The molecule has 1 fully saturated rings. The second-order valence-electron chi connectivity index (χ2n) is 5.73. The van der Waals surface area contributed by atoms with Crippen LogP contribution in [0.3, 0.4) is 0 Å². The van der Waals surface area contributed by atoms with Gasteiger partial charge in [0.25, 0.3) is 0 Å². The first-order valence-corrected chi connectivity index (χ1v) is 7.73. The fourth-order valence-corrected chi connectivity index (χ4v) is 2.70. The Kier molecular flexibility index (Phi) is 5.80. The van der Waals surface area contributed by atoms with Crippen LogP contribution in [0.4, 0.5) is 5.82 Å². The molecule has 1 saturated heterocycles. The molecule has 112 valence electrons. The van der Waals surface area contributed by atoms with Gasteiger partial charge >= 0.3 is 0 Å². The number of nitrogens with two attached hydrogens (primary N) is 1. The zero-order chi connectivity index (χ0) is 14.4. The molecule has 0 aliphatic carbocycles. The molecule has 0 aromatic carbocycles. The van der Waals surface area contributed by atoms with Crippen LogP contribution in [-0.2, 0) is 11.2 Å². The number of rotatable bonds is 6. The predicted octanol–water partition coefficient (Wildman–Crippen LogP) is 2.37. The van der Waals surface area contributed by atoms with Gasteiger partial charge in [0.2, 0.25) is 0 Å². The number of hydrogen-bond acceptors (Lipinski definition) is 4. The summed E-state index contributed by atoms with van der Waals surface area (Å²) in [6.07, 6.45) is 7.69. The molecule has 20 heavy (non-hydrogen) atoms. The number of likely N-dealkylation sites (N-methyl/N-ethyl adjacent to an activating group) is 1. The summed E-state index contributed by atoms with van der Waals surface area (Å²) in [5.41, 5.74) is 7.32. The molecule has 2 heterocycles. The third-order valence-corrected chi connectivity index (χ3v) is 3.99. The topological polar surface area (TPSA) is 51.4 Å². The SMILES string of the molecule is CCC(N)Cc1cccnc1N(C)CC1CCCCO1. The molecule has 1 aromatic rings. The van der Waals surface area contributed by atoms with E-state index in [1.165, 1.54) is 18.4 Å². The Labute approximate surface area is 122 Å². The van der Waals surface area contributed by atoms with Gasteiger partial charge in [0, 0.05) is 32.4 Å². The molecular weight excluding hydrogens is 250 g/mol. The number of hydrogen-bond donors (Lipinski definition) is 1. The smallest absolute Gasteiger partial charge is 0.131 e. The second kappa shape index (κ2) is 7.60. The first kappa shape index (κ1) is 15.3. The molecule has 2 atom stereocenters. The number of aromatic nitrogens is 1. The normalized spacial score (nSPS) is 20.6. The first-order chi connectivity index (χ1) is 9.70. The van der Waals surface area contributed by atoms with Crippen molar-refractivity contribution in [1.29, 1.82) is 0 Å². The van der Waals surface area contributed by atoms with Crippen LogP contribution in [0.25, 0.3) is 0 Å². The van der Waals surface area contributed by atoms with Crippen LogP contribution in [-0.4, -0.2) is 37.3 Å². The maximum absolute atomic E-state index is 6.09. The van der Waals surface area contributed by atoms with Gasteiger partial charge in [0.15, 0.2) is 0 Å². The Bertz CT molecular complexity index is 404. The van der Waals surface area contributed by atoms with E-state index in [9.17, 15) is 0 Å². The lowest BCUT2D eigenvalue weighted by Gasteiger charge is -2.29. The summed E-state index contributed by atoms with van der Waals surface area (Å²) >= 11 is 0. The summed E-state index contributed by atoms with van der Waals surface area (Å²) in [7, 11) is 2.10. The third-order valence-electron chi connectivity index (χ3n) is 3.99. The van der Waals surface area contributed by atoms with E-state index in [4.69, 9.17) is 10.5 Å². The fourth-order valence-electron chi connectivity index (χ4n) is 2.70. The van der Waals surface area contributed by atoms with Gasteiger partial charge in [0.05, 0.1) is 6.10 Å². The van der Waals surface area contributed by atoms with E-state index in [2.05, 4.69) is 29.9 Å². The van der Waals surface area contributed by atoms with Crippen molar-refractivity contribution in [2.24, 2.45) is 5.73 Å². The van der Waals surface area contributed by atoms with Gasteiger partial charge in [-0.25, -0.2) is 4.98 Å². The van der Waals surface area contributed by atoms with Crippen LogP contribution < -0.4 is 10.6 Å². The molecule has 2 rings (SSSR count). The highest BCUT2D eigenvalue weighted by Gasteiger charge is 2.18. The van der Waals surface area contributed by atoms with Gasteiger partial charge in [-0.1, -0.05) is 13.0 Å². The summed E-state index contributed by atoms with van der Waals surface area (Å²) in [4.78, 5) is 6.76. The summed E-state index contributed by atoms with van der Waals surface area (Å²) in [5.74, 6) is 1.05. The number of ether oxygens (including phenoxy) is 1. The molecule has 0 bridgehead atoms. The Balaban J connectivity index is 2.02. The predicted molar refractivity (Wildman–Crippen MR) is 83.1 cm³/mol. The van der Waals surface area contributed by atoms with Crippen LogP contribution >= 0.6 is 0 Å². The largest absolute Gasteiger partial charge is 0.376 e. The monoisotopic (exact) mass is 277 g/mol. The van der Waals surface area contributed by atoms with E-state index >= 15 is 0 Å². The molecule has 0 saturated carbocycles. The van der Waals surface area contributed by atoms with Crippen LogP contribution in [0.5, 0.6) is 0 Å². The van der Waals surface area contributed by atoms with Crippen molar-refractivity contribution in [2.75, 3.05) is 25.1 Å². The summed E-state index contributed by atoms with van der Waals surface area (Å²) in [6.45, 7) is 3.93. The van der Waals surface area contributed by atoms with Crippen molar-refractivity contribution in [3.8, 4) is 0 Å². The second-order valence-corrected chi connectivity index (χ2v) is 5.73. The molecule has 0 amide bonds. The van der Waals surface area contributed by atoms with E-state index in [0.717, 1.165) is 38.2 Å². The summed E-state index contributed by atoms with van der Waals surface area (Å²) in [5, 5.41) is 0. The van der Waals surface area contributed by atoms with Crippen LogP contribution in [0.15, 0.2) is 18.3 Å². The number of pyridine rings is 1. The van der Waals surface area contributed by atoms with Gasteiger partial charge in [-0.15, -0.1) is 0 Å². The highest BCUT2D eigenvalue weighted by atomic mass is 16.5. The van der Waals surface area contributed by atoms with E-state index in [0.29, 0.717) is 6.10 Å². The lowest BCUT2D eigenvalue weighted by molar-refractivity contribution is 0.0215. The zero-order valence-corrected chi connectivity index (χ0v) is 12.7. The highest BCUT2D eigenvalue weighted by molar-refractivity contribution is 5.46. The van der Waals surface area contributed by atoms with E-state index < -0.39 is 0 Å². The van der Waals surface area contributed by atoms with Crippen molar-refractivity contribution in [3.05, 3.63) is 23.9 Å². The van der Waals surface area contributed by atoms with Crippen molar-refractivity contribution in [3.63, 3.8) is 0 Å². The molecule has 4 nitrogen and oxygen atoms in total. The van der Waals surface area contributed by atoms with E-state index in [1.807, 2.05) is 12.3 Å². The van der Waals surface area contributed by atoms with Crippen molar-refractivity contribution in [1.82, 2.24) is 4.98 Å². The van der Waals surface area contributed by atoms with E-state index in [1.54, 1.807) is 0 Å². The molecule has 4 heteroatoms. The first-order valence-electron chi connectivity index (χ1n) is 7.73. The Morgan fingerprint density at radius 2 is 2.35 bits per heavy atom. The van der Waals surface area contributed by atoms with Crippen molar-refractivity contribution in [2.45, 2.75) is 51.2 Å². The van der Waals surface area contributed by atoms with E-state index in [-0.39, 0.29) is 6.04 Å².